The highest BCUT2D eigenvalue weighted by Crippen LogP contribution is 2.34. The van der Waals surface area contributed by atoms with Crippen LogP contribution in [-0.4, -0.2) is 43.1 Å². The Balaban J connectivity index is 1.71. The Bertz CT molecular complexity index is 699. The summed E-state index contributed by atoms with van der Waals surface area (Å²) in [6.07, 6.45) is 1.83. The number of hydrogen-bond acceptors (Lipinski definition) is 4. The van der Waals surface area contributed by atoms with Crippen LogP contribution >= 0.6 is 0 Å². The fourth-order valence-corrected chi connectivity index (χ4v) is 5.44. The third kappa shape index (κ3) is 3.81. The molecule has 1 aromatic rings. The average molecular weight is 351 g/mol. The molecule has 24 heavy (non-hydrogen) atoms. The molecule has 2 fully saturated rings. The van der Waals surface area contributed by atoms with Crippen molar-refractivity contribution < 1.29 is 17.9 Å². The van der Waals surface area contributed by atoms with Crippen LogP contribution in [0.15, 0.2) is 30.3 Å². The normalized spacial score (nSPS) is 28.2. The summed E-state index contributed by atoms with van der Waals surface area (Å²) in [5.74, 6) is -0.274. The van der Waals surface area contributed by atoms with E-state index in [1.165, 1.54) is 0 Å². The predicted octanol–water partition coefficient (Wildman–Crippen LogP) is 2.37. The molecule has 1 amide bonds. The van der Waals surface area contributed by atoms with E-state index in [9.17, 15) is 13.2 Å². The van der Waals surface area contributed by atoms with Crippen molar-refractivity contribution in [1.29, 1.82) is 0 Å². The third-order valence-corrected chi connectivity index (χ3v) is 6.65. The lowest BCUT2D eigenvalue weighted by atomic mass is 9.90. The Morgan fingerprint density at radius 1 is 1.29 bits per heavy atom. The second-order valence-corrected chi connectivity index (χ2v) is 9.61. The molecule has 6 heteroatoms. The van der Waals surface area contributed by atoms with Crippen molar-refractivity contribution in [1.82, 2.24) is 4.31 Å². The first-order valence-corrected chi connectivity index (χ1v) is 10.1. The van der Waals surface area contributed by atoms with Gasteiger partial charge in [0, 0.05) is 0 Å². The topological polar surface area (TPSA) is 63.7 Å². The van der Waals surface area contributed by atoms with E-state index in [1.54, 1.807) is 0 Å². The number of rotatable bonds is 4. The minimum Gasteiger partial charge on any atom is -0.377 e. The summed E-state index contributed by atoms with van der Waals surface area (Å²) >= 11 is 0. The summed E-state index contributed by atoms with van der Waals surface area (Å²) in [6.45, 7) is 4.82. The summed E-state index contributed by atoms with van der Waals surface area (Å²) in [7, 11) is -3.50. The summed E-state index contributed by atoms with van der Waals surface area (Å²) < 4.78 is 31.5. The molecule has 2 heterocycles. The van der Waals surface area contributed by atoms with Crippen LogP contribution in [0.1, 0.15) is 38.7 Å². The van der Waals surface area contributed by atoms with Crippen LogP contribution in [0.5, 0.6) is 0 Å². The molecule has 0 radical (unpaired) electrons. The first-order chi connectivity index (χ1) is 11.3. The van der Waals surface area contributed by atoms with Crippen molar-refractivity contribution in [2.45, 2.75) is 51.7 Å². The Morgan fingerprint density at radius 3 is 2.62 bits per heavy atom. The highest BCUT2D eigenvalue weighted by molar-refractivity contribution is 7.89. The maximum atomic E-state index is 12.7. The van der Waals surface area contributed by atoms with Crippen molar-refractivity contribution in [2.24, 2.45) is 5.41 Å². The summed E-state index contributed by atoms with van der Waals surface area (Å²) in [4.78, 5) is 12.7. The van der Waals surface area contributed by atoms with Crippen molar-refractivity contribution >= 4 is 15.9 Å². The van der Waals surface area contributed by atoms with Crippen molar-refractivity contribution in [2.75, 3.05) is 12.4 Å². The summed E-state index contributed by atoms with van der Waals surface area (Å²) in [5.41, 5.74) is 1.11. The second-order valence-electron chi connectivity index (χ2n) is 7.64. The number of carbonyl (C=O) groups is 1. The molecule has 0 saturated carbocycles. The predicted molar refractivity (Wildman–Crippen MR) is 91.9 cm³/mol. The Kier molecular flexibility index (Phi) is 4.71. The van der Waals surface area contributed by atoms with Crippen LogP contribution in [-0.2, 0) is 26.0 Å². The smallest absolute Gasteiger partial charge is 0.238 e. The lowest BCUT2D eigenvalue weighted by molar-refractivity contribution is -0.129. The number of carbonyl (C=O) groups excluding carboxylic acids is 1. The molecule has 2 aliphatic heterocycles. The number of ether oxygens (including phenoxy) is 1. The van der Waals surface area contributed by atoms with Gasteiger partial charge in [-0.05, 0) is 30.2 Å². The van der Waals surface area contributed by atoms with E-state index in [-0.39, 0.29) is 35.6 Å². The van der Waals surface area contributed by atoms with Gasteiger partial charge in [-0.25, -0.2) is 12.7 Å². The molecule has 132 valence electrons. The van der Waals surface area contributed by atoms with Gasteiger partial charge in [0.25, 0.3) is 0 Å². The molecule has 0 aliphatic carbocycles. The zero-order valence-corrected chi connectivity index (χ0v) is 15.1. The van der Waals surface area contributed by atoms with Crippen LogP contribution in [0, 0.1) is 5.41 Å². The van der Waals surface area contributed by atoms with Gasteiger partial charge in [-0.1, -0.05) is 44.2 Å². The second kappa shape index (κ2) is 6.48. The largest absolute Gasteiger partial charge is 0.377 e. The van der Waals surface area contributed by atoms with Gasteiger partial charge >= 0.3 is 0 Å². The first kappa shape index (κ1) is 17.4. The highest BCUT2D eigenvalue weighted by atomic mass is 32.2. The third-order valence-electron chi connectivity index (χ3n) is 4.79. The maximum absolute atomic E-state index is 12.7. The molecule has 0 bridgehead atoms. The number of hydrogen-bond donors (Lipinski definition) is 0. The van der Waals surface area contributed by atoms with E-state index in [0.717, 1.165) is 16.3 Å². The molecule has 0 spiro atoms. The standard InChI is InChI=1S/C18H25NO4S/c1-18(2)12-16(23-13-18)11-17(20)19-15(8-9-24(19,21)22)10-14-6-4-3-5-7-14/h3-7,15-16H,8-13H2,1-2H3. The van der Waals surface area contributed by atoms with Crippen LogP contribution in [0.3, 0.4) is 0 Å². The van der Waals surface area contributed by atoms with E-state index in [1.807, 2.05) is 30.3 Å². The van der Waals surface area contributed by atoms with Crippen LogP contribution in [0.4, 0.5) is 0 Å². The molecule has 2 aliphatic rings. The van der Waals surface area contributed by atoms with Gasteiger partial charge in [0.15, 0.2) is 0 Å². The van der Waals surface area contributed by atoms with Crippen molar-refractivity contribution in [3.63, 3.8) is 0 Å². The summed E-state index contributed by atoms with van der Waals surface area (Å²) in [5, 5.41) is 0. The van der Waals surface area contributed by atoms with E-state index in [4.69, 9.17) is 4.74 Å². The molecule has 2 saturated heterocycles. The molecule has 2 atom stereocenters. The van der Waals surface area contributed by atoms with E-state index in [0.29, 0.717) is 19.4 Å². The van der Waals surface area contributed by atoms with E-state index >= 15 is 0 Å². The number of nitrogens with zero attached hydrogens (tertiary/aromatic N) is 1. The zero-order valence-electron chi connectivity index (χ0n) is 14.3. The van der Waals surface area contributed by atoms with Gasteiger partial charge in [-0.3, -0.25) is 4.79 Å². The fourth-order valence-electron chi connectivity index (χ4n) is 3.65. The molecule has 3 rings (SSSR count). The minimum atomic E-state index is -3.50. The number of benzene rings is 1. The van der Waals surface area contributed by atoms with Gasteiger partial charge in [0.05, 0.1) is 30.9 Å². The lowest BCUT2D eigenvalue weighted by Crippen LogP contribution is -2.41. The quantitative estimate of drug-likeness (QED) is 0.835. The van der Waals surface area contributed by atoms with Crippen LogP contribution < -0.4 is 0 Å². The Labute approximate surface area is 144 Å². The summed E-state index contributed by atoms with van der Waals surface area (Å²) in [6, 6.07) is 9.45. The Hall–Kier alpha value is -1.40. The number of sulfonamides is 1. The minimum absolute atomic E-state index is 0.0489. The monoisotopic (exact) mass is 351 g/mol. The number of amides is 1. The Morgan fingerprint density at radius 2 is 2.00 bits per heavy atom. The molecule has 0 aromatic heterocycles. The molecular formula is C18H25NO4S. The molecular weight excluding hydrogens is 326 g/mol. The fraction of sp³-hybridized carbons (Fsp3) is 0.611. The van der Waals surface area contributed by atoms with Crippen LogP contribution in [0.25, 0.3) is 0 Å². The maximum Gasteiger partial charge on any atom is 0.238 e. The van der Waals surface area contributed by atoms with Crippen LogP contribution in [0.2, 0.25) is 0 Å². The van der Waals surface area contributed by atoms with Gasteiger partial charge in [-0.2, -0.15) is 0 Å². The molecule has 1 aromatic carbocycles. The SMILES string of the molecule is CC1(C)COC(CC(=O)N2C(Cc3ccccc3)CCS2(=O)=O)C1. The van der Waals surface area contributed by atoms with Gasteiger partial charge < -0.3 is 4.74 Å². The zero-order chi connectivity index (χ0) is 17.4. The van der Waals surface area contributed by atoms with Crippen molar-refractivity contribution in [3.8, 4) is 0 Å². The highest BCUT2D eigenvalue weighted by Gasteiger charge is 2.42. The van der Waals surface area contributed by atoms with Crippen molar-refractivity contribution in [3.05, 3.63) is 35.9 Å². The molecule has 2 unspecified atom stereocenters. The lowest BCUT2D eigenvalue weighted by Gasteiger charge is -2.24. The van der Waals surface area contributed by atoms with Gasteiger partial charge in [0.2, 0.25) is 15.9 Å². The molecule has 5 nitrogen and oxygen atoms in total. The average Bonchev–Trinajstić information content (AvgIpc) is 2.99. The van der Waals surface area contributed by atoms with Gasteiger partial charge in [-0.15, -0.1) is 0 Å². The van der Waals surface area contributed by atoms with E-state index < -0.39 is 10.0 Å². The first-order valence-electron chi connectivity index (χ1n) is 8.47. The molecule has 0 N–H and O–H groups in total. The van der Waals surface area contributed by atoms with E-state index in [2.05, 4.69) is 13.8 Å². The van der Waals surface area contributed by atoms with Gasteiger partial charge in [0.1, 0.15) is 0 Å².